The summed E-state index contributed by atoms with van der Waals surface area (Å²) >= 11 is 0. The maximum absolute atomic E-state index is 12.7. The lowest BCUT2D eigenvalue weighted by molar-refractivity contribution is -0.144. The first kappa shape index (κ1) is 18.0. The summed E-state index contributed by atoms with van der Waals surface area (Å²) in [5.41, 5.74) is 3.69. The van der Waals surface area contributed by atoms with Gasteiger partial charge in [0.1, 0.15) is 0 Å². The first-order valence-corrected chi connectivity index (χ1v) is 8.15. The molecule has 0 N–H and O–H groups in total. The van der Waals surface area contributed by atoms with Gasteiger partial charge in [0.05, 0.1) is 27.2 Å². The maximum Gasteiger partial charge on any atom is 0.306 e. The fourth-order valence-electron chi connectivity index (χ4n) is 3.00. The Bertz CT molecular complexity index is 673. The van der Waals surface area contributed by atoms with Gasteiger partial charge in [-0.05, 0) is 49.9 Å². The van der Waals surface area contributed by atoms with Crippen LogP contribution in [0.5, 0.6) is 11.5 Å². The highest BCUT2D eigenvalue weighted by molar-refractivity contribution is 6.22. The van der Waals surface area contributed by atoms with E-state index < -0.39 is 0 Å². The fourth-order valence-corrected chi connectivity index (χ4v) is 3.00. The van der Waals surface area contributed by atoms with Crippen molar-refractivity contribution in [3.8, 4) is 11.5 Å². The van der Waals surface area contributed by atoms with E-state index in [0.29, 0.717) is 23.7 Å². The Kier molecular flexibility index (Phi) is 6.01. The molecule has 0 spiro atoms. The van der Waals surface area contributed by atoms with Gasteiger partial charge in [0.15, 0.2) is 17.3 Å². The SMILES string of the molecule is CCOC(=O)CCC(=O)C1=C(C)CCc2cc(OC)c(OC)cc21. The molecule has 130 valence electrons. The zero-order valence-corrected chi connectivity index (χ0v) is 14.7. The number of ketones is 1. The van der Waals surface area contributed by atoms with Gasteiger partial charge in [-0.15, -0.1) is 0 Å². The van der Waals surface area contributed by atoms with Gasteiger partial charge in [0.25, 0.3) is 0 Å². The Morgan fingerprint density at radius 1 is 1.04 bits per heavy atom. The highest BCUT2D eigenvalue weighted by Crippen LogP contribution is 2.39. The number of esters is 1. The van der Waals surface area contributed by atoms with E-state index >= 15 is 0 Å². The zero-order valence-electron chi connectivity index (χ0n) is 14.7. The molecule has 0 atom stereocenters. The second kappa shape index (κ2) is 7.99. The minimum Gasteiger partial charge on any atom is -0.493 e. The predicted octanol–water partition coefficient (Wildman–Crippen LogP) is 3.34. The molecular formula is C19H24O5. The van der Waals surface area contributed by atoms with Crippen molar-refractivity contribution < 1.29 is 23.8 Å². The first-order chi connectivity index (χ1) is 11.5. The topological polar surface area (TPSA) is 61.8 Å². The second-order valence-electron chi connectivity index (χ2n) is 5.75. The number of Topliss-reactive ketones (excluding diaryl/α,β-unsaturated/α-hetero) is 1. The van der Waals surface area contributed by atoms with Gasteiger partial charge >= 0.3 is 5.97 Å². The Balaban J connectivity index is 2.30. The van der Waals surface area contributed by atoms with Crippen molar-refractivity contribution in [1.29, 1.82) is 0 Å². The summed E-state index contributed by atoms with van der Waals surface area (Å²) in [6.07, 6.45) is 1.94. The summed E-state index contributed by atoms with van der Waals surface area (Å²) in [6, 6.07) is 3.79. The average Bonchev–Trinajstić information content (AvgIpc) is 2.58. The van der Waals surface area contributed by atoms with Crippen LogP contribution >= 0.6 is 0 Å². The van der Waals surface area contributed by atoms with Crippen LogP contribution in [0.2, 0.25) is 0 Å². The number of hydrogen-bond acceptors (Lipinski definition) is 5. The molecule has 2 rings (SSSR count). The molecule has 5 nitrogen and oxygen atoms in total. The molecule has 5 heteroatoms. The largest absolute Gasteiger partial charge is 0.493 e. The summed E-state index contributed by atoms with van der Waals surface area (Å²) in [5, 5.41) is 0. The molecule has 0 aromatic heterocycles. The van der Waals surface area contributed by atoms with Crippen molar-refractivity contribution in [1.82, 2.24) is 0 Å². The van der Waals surface area contributed by atoms with Crippen molar-refractivity contribution >= 4 is 17.3 Å². The molecular weight excluding hydrogens is 308 g/mol. The van der Waals surface area contributed by atoms with Gasteiger partial charge < -0.3 is 14.2 Å². The lowest BCUT2D eigenvalue weighted by atomic mass is 9.83. The third-order valence-electron chi connectivity index (χ3n) is 4.22. The summed E-state index contributed by atoms with van der Waals surface area (Å²) in [5.74, 6) is 0.886. The molecule has 0 saturated heterocycles. The van der Waals surface area contributed by atoms with Gasteiger partial charge in [-0.1, -0.05) is 5.57 Å². The van der Waals surface area contributed by atoms with Crippen molar-refractivity contribution in [2.75, 3.05) is 20.8 Å². The summed E-state index contributed by atoms with van der Waals surface area (Å²) in [6.45, 7) is 4.05. The van der Waals surface area contributed by atoms with E-state index in [-0.39, 0.29) is 24.6 Å². The van der Waals surface area contributed by atoms with Crippen molar-refractivity contribution in [3.63, 3.8) is 0 Å². The Labute approximate surface area is 142 Å². The van der Waals surface area contributed by atoms with Gasteiger partial charge in [0, 0.05) is 12.0 Å². The first-order valence-electron chi connectivity index (χ1n) is 8.15. The highest BCUT2D eigenvalue weighted by Gasteiger charge is 2.25. The lowest BCUT2D eigenvalue weighted by Gasteiger charge is -2.23. The van der Waals surface area contributed by atoms with Gasteiger partial charge in [-0.2, -0.15) is 0 Å². The monoisotopic (exact) mass is 332 g/mol. The van der Waals surface area contributed by atoms with Crippen LogP contribution in [0.3, 0.4) is 0 Å². The lowest BCUT2D eigenvalue weighted by Crippen LogP contribution is -2.14. The normalized spacial score (nSPS) is 13.3. The Morgan fingerprint density at radius 2 is 1.71 bits per heavy atom. The van der Waals surface area contributed by atoms with Crippen LogP contribution in [0.15, 0.2) is 17.7 Å². The number of hydrogen-bond donors (Lipinski definition) is 0. The van der Waals surface area contributed by atoms with Gasteiger partial charge in [-0.25, -0.2) is 0 Å². The standard InChI is InChI=1S/C19H24O5/c1-5-24-18(21)9-8-15(20)19-12(2)6-7-13-10-16(22-3)17(23-4)11-14(13)19/h10-11H,5-9H2,1-4H3. The number of fused-ring (bicyclic) bond motifs is 1. The van der Waals surface area contributed by atoms with E-state index in [2.05, 4.69) is 0 Å². The number of rotatable bonds is 7. The minimum atomic E-state index is -0.340. The number of carbonyl (C=O) groups excluding carboxylic acids is 2. The quantitative estimate of drug-likeness (QED) is 0.717. The van der Waals surface area contributed by atoms with Gasteiger partial charge in [0.2, 0.25) is 0 Å². The molecule has 1 aliphatic carbocycles. The zero-order chi connectivity index (χ0) is 17.7. The second-order valence-corrected chi connectivity index (χ2v) is 5.75. The average molecular weight is 332 g/mol. The van der Waals surface area contributed by atoms with Crippen molar-refractivity contribution in [2.24, 2.45) is 0 Å². The molecule has 24 heavy (non-hydrogen) atoms. The van der Waals surface area contributed by atoms with Crippen LogP contribution in [0.25, 0.3) is 5.57 Å². The van der Waals surface area contributed by atoms with Crippen LogP contribution in [0.4, 0.5) is 0 Å². The minimum absolute atomic E-state index is 0.0336. The molecule has 0 saturated carbocycles. The number of aryl methyl sites for hydroxylation is 1. The summed E-state index contributed by atoms with van der Waals surface area (Å²) in [4.78, 5) is 24.2. The van der Waals surface area contributed by atoms with E-state index in [0.717, 1.165) is 29.5 Å². The highest BCUT2D eigenvalue weighted by atomic mass is 16.5. The van der Waals surface area contributed by atoms with E-state index in [9.17, 15) is 9.59 Å². The van der Waals surface area contributed by atoms with E-state index in [4.69, 9.17) is 14.2 Å². The van der Waals surface area contributed by atoms with Crippen molar-refractivity contribution in [2.45, 2.75) is 39.5 Å². The molecule has 1 aliphatic rings. The van der Waals surface area contributed by atoms with E-state index in [1.807, 2.05) is 19.1 Å². The Morgan fingerprint density at radius 3 is 2.33 bits per heavy atom. The smallest absolute Gasteiger partial charge is 0.306 e. The van der Waals surface area contributed by atoms with E-state index in [1.54, 1.807) is 21.1 Å². The molecule has 0 radical (unpaired) electrons. The summed E-state index contributed by atoms with van der Waals surface area (Å²) < 4.78 is 15.6. The maximum atomic E-state index is 12.7. The number of allylic oxidation sites excluding steroid dienone is 2. The van der Waals surface area contributed by atoms with Gasteiger partial charge in [-0.3, -0.25) is 9.59 Å². The van der Waals surface area contributed by atoms with Crippen LogP contribution in [0.1, 0.15) is 44.2 Å². The number of methoxy groups -OCH3 is 2. The molecule has 0 aliphatic heterocycles. The number of carbonyl (C=O) groups is 2. The third kappa shape index (κ3) is 3.78. The van der Waals surface area contributed by atoms with Crippen LogP contribution in [-0.4, -0.2) is 32.6 Å². The predicted molar refractivity (Wildman–Crippen MR) is 91.3 cm³/mol. The van der Waals surface area contributed by atoms with Crippen LogP contribution in [0, 0.1) is 0 Å². The number of ether oxygens (including phenoxy) is 3. The molecule has 1 aromatic rings. The fraction of sp³-hybridized carbons (Fsp3) is 0.474. The van der Waals surface area contributed by atoms with Crippen molar-refractivity contribution in [3.05, 3.63) is 28.8 Å². The Hall–Kier alpha value is -2.30. The van der Waals surface area contributed by atoms with Crippen LogP contribution < -0.4 is 9.47 Å². The molecule has 0 amide bonds. The molecule has 0 heterocycles. The molecule has 1 aromatic carbocycles. The van der Waals surface area contributed by atoms with E-state index in [1.165, 1.54) is 0 Å². The molecule has 0 bridgehead atoms. The molecule has 0 fully saturated rings. The molecule has 0 unspecified atom stereocenters. The van der Waals surface area contributed by atoms with Crippen LogP contribution in [-0.2, 0) is 20.7 Å². The summed E-state index contributed by atoms with van der Waals surface area (Å²) in [7, 11) is 3.17. The third-order valence-corrected chi connectivity index (χ3v) is 4.22. The number of benzene rings is 1.